The van der Waals surface area contributed by atoms with E-state index in [-0.39, 0.29) is 23.4 Å². The minimum atomic E-state index is -0.767. The van der Waals surface area contributed by atoms with Crippen LogP contribution < -0.4 is 5.73 Å². The van der Waals surface area contributed by atoms with Crippen LogP contribution in [0.3, 0.4) is 0 Å². The lowest BCUT2D eigenvalue weighted by Crippen LogP contribution is -2.12. The molecule has 0 aliphatic rings. The Hall–Kier alpha value is -3.22. The number of nitro benzene ring substituents is 1. The number of amides is 1. The number of nitrogens with two attached hydrogens (primary N) is 1. The molecule has 118 valence electrons. The number of nitrogens with zero attached hydrogens (tertiary/aromatic N) is 1. The molecule has 7 nitrogen and oxygen atoms in total. The molecule has 0 unspecified atom stereocenters. The largest absolute Gasteiger partial charge is 0.457 e. The minimum absolute atomic E-state index is 0.0191. The Morgan fingerprint density at radius 1 is 1.22 bits per heavy atom. The molecule has 0 aliphatic carbocycles. The topological polar surface area (TPSA) is 113 Å². The first-order valence-corrected chi connectivity index (χ1v) is 6.70. The van der Waals surface area contributed by atoms with Gasteiger partial charge in [-0.2, -0.15) is 0 Å². The lowest BCUT2D eigenvalue weighted by atomic mass is 10.1. The summed E-state index contributed by atoms with van der Waals surface area (Å²) in [5.74, 6) is -1.34. The van der Waals surface area contributed by atoms with Gasteiger partial charge in [-0.05, 0) is 30.7 Å². The van der Waals surface area contributed by atoms with Gasteiger partial charge in [-0.25, -0.2) is 4.79 Å². The van der Waals surface area contributed by atoms with Gasteiger partial charge >= 0.3 is 5.97 Å². The highest BCUT2D eigenvalue weighted by molar-refractivity contribution is 5.93. The molecule has 0 aliphatic heterocycles. The van der Waals surface area contributed by atoms with E-state index in [4.69, 9.17) is 10.5 Å². The third-order valence-corrected chi connectivity index (χ3v) is 3.29. The SMILES string of the molecule is Cc1ccccc1C(=O)OCc1ccc(C(N)=O)cc1[N+](=O)[O-]. The summed E-state index contributed by atoms with van der Waals surface area (Å²) in [6.07, 6.45) is 0. The van der Waals surface area contributed by atoms with Gasteiger partial charge in [0.1, 0.15) is 6.61 Å². The van der Waals surface area contributed by atoms with E-state index in [2.05, 4.69) is 0 Å². The summed E-state index contributed by atoms with van der Waals surface area (Å²) in [6, 6.07) is 10.6. The quantitative estimate of drug-likeness (QED) is 0.517. The Kier molecular flexibility index (Phi) is 4.70. The first-order valence-electron chi connectivity index (χ1n) is 6.70. The van der Waals surface area contributed by atoms with E-state index in [1.54, 1.807) is 31.2 Å². The van der Waals surface area contributed by atoms with Crippen molar-refractivity contribution in [2.24, 2.45) is 5.73 Å². The van der Waals surface area contributed by atoms with Crippen LogP contribution in [0, 0.1) is 17.0 Å². The van der Waals surface area contributed by atoms with Gasteiger partial charge in [0.2, 0.25) is 5.91 Å². The van der Waals surface area contributed by atoms with Crippen molar-refractivity contribution >= 4 is 17.6 Å². The van der Waals surface area contributed by atoms with Crippen LogP contribution in [0.25, 0.3) is 0 Å². The maximum absolute atomic E-state index is 12.0. The van der Waals surface area contributed by atoms with Gasteiger partial charge in [0.15, 0.2) is 0 Å². The second kappa shape index (κ2) is 6.69. The van der Waals surface area contributed by atoms with E-state index in [1.807, 2.05) is 0 Å². The zero-order chi connectivity index (χ0) is 17.0. The number of benzene rings is 2. The molecular formula is C16H14N2O5. The second-order valence-corrected chi connectivity index (χ2v) is 4.86. The molecule has 0 atom stereocenters. The van der Waals surface area contributed by atoms with E-state index in [0.29, 0.717) is 5.56 Å². The zero-order valence-corrected chi connectivity index (χ0v) is 12.3. The molecule has 23 heavy (non-hydrogen) atoms. The highest BCUT2D eigenvalue weighted by Crippen LogP contribution is 2.22. The molecule has 2 N–H and O–H groups in total. The number of carbonyl (C=O) groups excluding carboxylic acids is 2. The zero-order valence-electron chi connectivity index (χ0n) is 12.3. The fourth-order valence-corrected chi connectivity index (χ4v) is 2.03. The van der Waals surface area contributed by atoms with Crippen molar-refractivity contribution in [3.63, 3.8) is 0 Å². The third kappa shape index (κ3) is 3.70. The predicted molar refractivity (Wildman–Crippen MR) is 81.9 cm³/mol. The van der Waals surface area contributed by atoms with Gasteiger partial charge in [-0.1, -0.05) is 18.2 Å². The fourth-order valence-electron chi connectivity index (χ4n) is 2.03. The van der Waals surface area contributed by atoms with Crippen LogP contribution in [-0.2, 0) is 11.3 Å². The standard InChI is InChI=1S/C16H14N2O5/c1-10-4-2-3-5-13(10)16(20)23-9-12-7-6-11(15(17)19)8-14(12)18(21)22/h2-8H,9H2,1H3,(H2,17,19). The van der Waals surface area contributed by atoms with Gasteiger partial charge in [-0.15, -0.1) is 0 Å². The number of hydrogen-bond donors (Lipinski definition) is 1. The predicted octanol–water partition coefficient (Wildman–Crippen LogP) is 2.36. The van der Waals surface area contributed by atoms with Crippen LogP contribution in [0.2, 0.25) is 0 Å². The molecule has 0 aromatic heterocycles. The highest BCUT2D eigenvalue weighted by atomic mass is 16.6. The van der Waals surface area contributed by atoms with Crippen LogP contribution in [-0.4, -0.2) is 16.8 Å². The molecule has 2 rings (SSSR count). The number of aryl methyl sites for hydroxylation is 1. The summed E-state index contributed by atoms with van der Waals surface area (Å²) in [6.45, 7) is 1.49. The molecule has 7 heteroatoms. The Labute approximate surface area is 131 Å². The molecule has 0 fully saturated rings. The van der Waals surface area contributed by atoms with Gasteiger partial charge in [-0.3, -0.25) is 14.9 Å². The number of rotatable bonds is 5. The minimum Gasteiger partial charge on any atom is -0.457 e. The number of carbonyl (C=O) groups is 2. The third-order valence-electron chi connectivity index (χ3n) is 3.29. The normalized spacial score (nSPS) is 10.1. The maximum atomic E-state index is 12.0. The summed E-state index contributed by atoms with van der Waals surface area (Å²) in [5.41, 5.74) is 6.12. The van der Waals surface area contributed by atoms with Gasteiger partial charge < -0.3 is 10.5 Å². The van der Waals surface area contributed by atoms with E-state index in [9.17, 15) is 19.7 Å². The second-order valence-electron chi connectivity index (χ2n) is 4.86. The van der Waals surface area contributed by atoms with E-state index < -0.39 is 16.8 Å². The van der Waals surface area contributed by atoms with Crippen molar-refractivity contribution in [2.75, 3.05) is 0 Å². The van der Waals surface area contributed by atoms with E-state index in [0.717, 1.165) is 11.6 Å². The highest BCUT2D eigenvalue weighted by Gasteiger charge is 2.18. The molecule has 1 amide bonds. The first kappa shape index (κ1) is 16.2. The Morgan fingerprint density at radius 2 is 1.91 bits per heavy atom. The Bertz CT molecular complexity index is 786. The van der Waals surface area contributed by atoms with E-state index >= 15 is 0 Å². The van der Waals surface area contributed by atoms with Crippen LogP contribution >= 0.6 is 0 Å². The summed E-state index contributed by atoms with van der Waals surface area (Å²) in [4.78, 5) is 33.5. The van der Waals surface area contributed by atoms with Crippen LogP contribution in [0.15, 0.2) is 42.5 Å². The molecule has 0 radical (unpaired) electrons. The van der Waals surface area contributed by atoms with Crippen LogP contribution in [0.1, 0.15) is 31.8 Å². The monoisotopic (exact) mass is 314 g/mol. The number of primary amides is 1. The summed E-state index contributed by atoms with van der Waals surface area (Å²) in [7, 11) is 0. The van der Waals surface area contributed by atoms with Crippen molar-refractivity contribution in [2.45, 2.75) is 13.5 Å². The molecule has 2 aromatic carbocycles. The molecule has 2 aromatic rings. The van der Waals surface area contributed by atoms with Crippen LogP contribution in [0.5, 0.6) is 0 Å². The molecular weight excluding hydrogens is 300 g/mol. The number of esters is 1. The van der Waals surface area contributed by atoms with Crippen molar-refractivity contribution in [1.29, 1.82) is 0 Å². The van der Waals surface area contributed by atoms with Crippen molar-refractivity contribution < 1.29 is 19.2 Å². The summed E-state index contributed by atoms with van der Waals surface area (Å²) in [5, 5.41) is 11.1. The fraction of sp³-hybridized carbons (Fsp3) is 0.125. The summed E-state index contributed by atoms with van der Waals surface area (Å²) >= 11 is 0. The average Bonchev–Trinajstić information content (AvgIpc) is 2.52. The van der Waals surface area contributed by atoms with Gasteiger partial charge in [0, 0.05) is 11.6 Å². The van der Waals surface area contributed by atoms with Gasteiger partial charge in [0.05, 0.1) is 16.1 Å². The van der Waals surface area contributed by atoms with Crippen molar-refractivity contribution in [3.05, 3.63) is 74.8 Å². The number of hydrogen-bond acceptors (Lipinski definition) is 5. The number of nitro groups is 1. The Balaban J connectivity index is 2.20. The Morgan fingerprint density at radius 3 is 2.52 bits per heavy atom. The lowest BCUT2D eigenvalue weighted by molar-refractivity contribution is -0.385. The van der Waals surface area contributed by atoms with Gasteiger partial charge in [0.25, 0.3) is 5.69 Å². The molecule has 0 saturated heterocycles. The van der Waals surface area contributed by atoms with E-state index in [1.165, 1.54) is 12.1 Å². The molecule has 0 saturated carbocycles. The molecule has 0 heterocycles. The van der Waals surface area contributed by atoms with Crippen molar-refractivity contribution in [3.8, 4) is 0 Å². The maximum Gasteiger partial charge on any atom is 0.338 e. The smallest absolute Gasteiger partial charge is 0.338 e. The number of ether oxygens (including phenoxy) is 1. The lowest BCUT2D eigenvalue weighted by Gasteiger charge is -2.08. The molecule has 0 bridgehead atoms. The van der Waals surface area contributed by atoms with Crippen molar-refractivity contribution in [1.82, 2.24) is 0 Å². The summed E-state index contributed by atoms with van der Waals surface area (Å²) < 4.78 is 5.13. The molecule has 0 spiro atoms. The average molecular weight is 314 g/mol. The first-order chi connectivity index (χ1) is 10.9. The van der Waals surface area contributed by atoms with Crippen LogP contribution in [0.4, 0.5) is 5.69 Å².